The Morgan fingerprint density at radius 1 is 1.41 bits per heavy atom. The molecule has 0 atom stereocenters. The Bertz CT molecular complexity index is 515. The molecule has 17 heavy (non-hydrogen) atoms. The van der Waals surface area contributed by atoms with E-state index in [1.807, 2.05) is 0 Å². The monoisotopic (exact) mass is 253 g/mol. The SMILES string of the molecule is Cc1nnc(SCc2cc(CN)ccc2F)o1. The molecule has 2 rings (SSSR count). The number of halogens is 1. The lowest BCUT2D eigenvalue weighted by Crippen LogP contribution is -1.98. The van der Waals surface area contributed by atoms with Crippen LogP contribution in [0.15, 0.2) is 27.8 Å². The molecule has 0 saturated carbocycles. The van der Waals surface area contributed by atoms with Crippen molar-refractivity contribution in [2.45, 2.75) is 24.4 Å². The molecule has 0 bridgehead atoms. The van der Waals surface area contributed by atoms with Crippen LogP contribution in [0.2, 0.25) is 0 Å². The highest BCUT2D eigenvalue weighted by molar-refractivity contribution is 7.98. The Morgan fingerprint density at radius 3 is 2.88 bits per heavy atom. The van der Waals surface area contributed by atoms with Crippen LogP contribution in [-0.4, -0.2) is 10.2 Å². The topological polar surface area (TPSA) is 64.9 Å². The molecule has 0 spiro atoms. The molecule has 1 aromatic carbocycles. The van der Waals surface area contributed by atoms with Gasteiger partial charge in [0, 0.05) is 19.2 Å². The molecule has 4 nitrogen and oxygen atoms in total. The molecule has 0 unspecified atom stereocenters. The van der Waals surface area contributed by atoms with Crippen LogP contribution in [-0.2, 0) is 12.3 Å². The maximum absolute atomic E-state index is 13.5. The van der Waals surface area contributed by atoms with Crippen LogP contribution in [0.25, 0.3) is 0 Å². The molecule has 0 amide bonds. The van der Waals surface area contributed by atoms with E-state index in [0.717, 1.165) is 5.56 Å². The molecule has 1 heterocycles. The Balaban J connectivity index is 2.07. The molecule has 90 valence electrons. The van der Waals surface area contributed by atoms with Crippen molar-refractivity contribution in [1.82, 2.24) is 10.2 Å². The average molecular weight is 253 g/mol. The van der Waals surface area contributed by atoms with Gasteiger partial charge in [0.25, 0.3) is 5.22 Å². The normalized spacial score (nSPS) is 10.8. The Labute approximate surface area is 102 Å². The van der Waals surface area contributed by atoms with Gasteiger partial charge in [0.05, 0.1) is 0 Å². The van der Waals surface area contributed by atoms with Gasteiger partial charge in [-0.15, -0.1) is 10.2 Å². The molecule has 0 saturated heterocycles. The van der Waals surface area contributed by atoms with Crippen LogP contribution in [0.1, 0.15) is 17.0 Å². The van der Waals surface area contributed by atoms with Gasteiger partial charge in [-0.05, 0) is 17.2 Å². The van der Waals surface area contributed by atoms with Crippen molar-refractivity contribution in [3.63, 3.8) is 0 Å². The van der Waals surface area contributed by atoms with Crippen molar-refractivity contribution in [2.75, 3.05) is 0 Å². The minimum absolute atomic E-state index is 0.245. The number of aromatic nitrogens is 2. The highest BCUT2D eigenvalue weighted by atomic mass is 32.2. The Kier molecular flexibility index (Phi) is 3.75. The van der Waals surface area contributed by atoms with Gasteiger partial charge in [-0.2, -0.15) is 0 Å². The van der Waals surface area contributed by atoms with Gasteiger partial charge in [-0.3, -0.25) is 0 Å². The van der Waals surface area contributed by atoms with E-state index in [1.165, 1.54) is 17.8 Å². The van der Waals surface area contributed by atoms with Gasteiger partial charge < -0.3 is 10.2 Å². The van der Waals surface area contributed by atoms with Crippen LogP contribution in [0, 0.1) is 12.7 Å². The predicted octanol–water partition coefficient (Wildman–Crippen LogP) is 2.27. The lowest BCUT2D eigenvalue weighted by molar-refractivity contribution is 0.429. The third kappa shape index (κ3) is 3.04. The molecule has 0 aliphatic rings. The second-order valence-electron chi connectivity index (χ2n) is 3.51. The van der Waals surface area contributed by atoms with Crippen LogP contribution >= 0.6 is 11.8 Å². The molecular weight excluding hydrogens is 241 g/mol. The maximum atomic E-state index is 13.5. The lowest BCUT2D eigenvalue weighted by atomic mass is 10.1. The van der Waals surface area contributed by atoms with Crippen molar-refractivity contribution in [3.05, 3.63) is 41.0 Å². The van der Waals surface area contributed by atoms with Gasteiger partial charge in [0.15, 0.2) is 0 Å². The minimum atomic E-state index is -0.245. The fourth-order valence-corrected chi connectivity index (χ4v) is 2.12. The summed E-state index contributed by atoms with van der Waals surface area (Å²) in [5.74, 6) is 0.705. The predicted molar refractivity (Wildman–Crippen MR) is 62.9 cm³/mol. The largest absolute Gasteiger partial charge is 0.416 e. The fraction of sp³-hybridized carbons (Fsp3) is 0.273. The number of nitrogens with two attached hydrogens (primary N) is 1. The summed E-state index contributed by atoms with van der Waals surface area (Å²) in [5, 5.41) is 7.98. The number of nitrogens with zero attached hydrogens (tertiary/aromatic N) is 2. The molecule has 2 aromatic rings. The Hall–Kier alpha value is -1.40. The molecule has 0 aliphatic heterocycles. The van der Waals surface area contributed by atoms with E-state index in [4.69, 9.17) is 10.2 Å². The van der Waals surface area contributed by atoms with Crippen molar-refractivity contribution in [3.8, 4) is 0 Å². The smallest absolute Gasteiger partial charge is 0.276 e. The molecule has 2 N–H and O–H groups in total. The molecular formula is C11H12FN3OS. The van der Waals surface area contributed by atoms with E-state index in [2.05, 4.69) is 10.2 Å². The summed E-state index contributed by atoms with van der Waals surface area (Å²) >= 11 is 1.31. The fourth-order valence-electron chi connectivity index (χ4n) is 1.34. The average Bonchev–Trinajstić information content (AvgIpc) is 2.74. The second-order valence-corrected chi connectivity index (χ2v) is 4.43. The summed E-state index contributed by atoms with van der Waals surface area (Å²) < 4.78 is 18.7. The van der Waals surface area contributed by atoms with Crippen LogP contribution < -0.4 is 5.73 Å². The molecule has 0 radical (unpaired) electrons. The summed E-state index contributed by atoms with van der Waals surface area (Å²) in [6.45, 7) is 2.12. The summed E-state index contributed by atoms with van der Waals surface area (Å²) in [7, 11) is 0. The zero-order valence-corrected chi connectivity index (χ0v) is 10.1. The summed E-state index contributed by atoms with van der Waals surface area (Å²) in [5.41, 5.74) is 7.01. The lowest BCUT2D eigenvalue weighted by Gasteiger charge is -2.03. The van der Waals surface area contributed by atoms with E-state index >= 15 is 0 Å². The number of rotatable bonds is 4. The first-order valence-electron chi connectivity index (χ1n) is 5.09. The van der Waals surface area contributed by atoms with E-state index in [-0.39, 0.29) is 5.82 Å². The van der Waals surface area contributed by atoms with E-state index in [0.29, 0.717) is 29.0 Å². The van der Waals surface area contributed by atoms with Gasteiger partial charge >= 0.3 is 0 Å². The van der Waals surface area contributed by atoms with Crippen LogP contribution in [0.3, 0.4) is 0 Å². The first kappa shape index (κ1) is 12.1. The van der Waals surface area contributed by atoms with Crippen molar-refractivity contribution < 1.29 is 8.81 Å². The number of thioether (sulfide) groups is 1. The van der Waals surface area contributed by atoms with E-state index in [1.54, 1.807) is 19.1 Å². The Morgan fingerprint density at radius 2 is 2.24 bits per heavy atom. The summed E-state index contributed by atoms with van der Waals surface area (Å²) in [6.07, 6.45) is 0. The van der Waals surface area contributed by atoms with E-state index in [9.17, 15) is 4.39 Å². The van der Waals surface area contributed by atoms with Crippen LogP contribution in [0.4, 0.5) is 4.39 Å². The summed E-state index contributed by atoms with van der Waals surface area (Å²) in [6, 6.07) is 4.86. The third-order valence-corrected chi connectivity index (χ3v) is 3.07. The molecule has 6 heteroatoms. The number of hydrogen-bond donors (Lipinski definition) is 1. The van der Waals surface area contributed by atoms with Crippen molar-refractivity contribution >= 4 is 11.8 Å². The number of hydrogen-bond acceptors (Lipinski definition) is 5. The number of benzene rings is 1. The standard InChI is InChI=1S/C11H12FN3OS/c1-7-14-15-11(16-7)17-6-9-4-8(5-13)2-3-10(9)12/h2-4H,5-6,13H2,1H3. The van der Waals surface area contributed by atoms with Crippen LogP contribution in [0.5, 0.6) is 0 Å². The minimum Gasteiger partial charge on any atom is -0.416 e. The highest BCUT2D eigenvalue weighted by Crippen LogP contribution is 2.23. The van der Waals surface area contributed by atoms with Crippen molar-refractivity contribution in [2.24, 2.45) is 5.73 Å². The quantitative estimate of drug-likeness (QED) is 0.847. The van der Waals surface area contributed by atoms with E-state index < -0.39 is 0 Å². The first-order valence-corrected chi connectivity index (χ1v) is 6.08. The van der Waals surface area contributed by atoms with Gasteiger partial charge in [0.1, 0.15) is 5.82 Å². The second kappa shape index (κ2) is 5.29. The highest BCUT2D eigenvalue weighted by Gasteiger charge is 2.07. The van der Waals surface area contributed by atoms with Gasteiger partial charge in [-0.1, -0.05) is 23.9 Å². The third-order valence-electron chi connectivity index (χ3n) is 2.20. The molecule has 0 fully saturated rings. The zero-order valence-electron chi connectivity index (χ0n) is 9.31. The number of aryl methyl sites for hydroxylation is 1. The molecule has 1 aromatic heterocycles. The first-order chi connectivity index (χ1) is 8.19. The molecule has 0 aliphatic carbocycles. The maximum Gasteiger partial charge on any atom is 0.276 e. The van der Waals surface area contributed by atoms with Gasteiger partial charge in [-0.25, -0.2) is 4.39 Å². The zero-order chi connectivity index (χ0) is 12.3. The van der Waals surface area contributed by atoms with Crippen molar-refractivity contribution in [1.29, 1.82) is 0 Å². The summed E-state index contributed by atoms with van der Waals surface area (Å²) in [4.78, 5) is 0. The van der Waals surface area contributed by atoms with Gasteiger partial charge in [0.2, 0.25) is 5.89 Å².